The molecule has 0 bridgehead atoms. The lowest BCUT2D eigenvalue weighted by molar-refractivity contribution is -0.464. The summed E-state index contributed by atoms with van der Waals surface area (Å²) in [6.07, 6.45) is 5.35. The average Bonchev–Trinajstić information content (AvgIpc) is 3.00. The van der Waals surface area contributed by atoms with Gasteiger partial charge in [0.1, 0.15) is 28.8 Å². The van der Waals surface area contributed by atoms with Crippen molar-refractivity contribution in [3.05, 3.63) is 46.9 Å². The van der Waals surface area contributed by atoms with Crippen LogP contribution in [0.1, 0.15) is 36.3 Å². The molecule has 7 heteroatoms. The number of aryl methyl sites for hydroxylation is 1. The van der Waals surface area contributed by atoms with Crippen LogP contribution in [0.25, 0.3) is 11.8 Å². The van der Waals surface area contributed by atoms with Crippen LogP contribution >= 0.6 is 0 Å². The standard InChI is InChI=1S/C18H18F2N4.ClH/c1-11-21-16-10-15(13-9-12(19)5-6-14(13)20)23-17(16)18(22-11)24-7-3-2-4-8-24;/h5-6,9-10,23H,2-4,7-8H2,1H3;1H. The highest BCUT2D eigenvalue weighted by atomic mass is 35.5. The maximum Gasteiger partial charge on any atom is 0.203 e. The van der Waals surface area contributed by atoms with E-state index in [2.05, 4.69) is 14.9 Å². The molecule has 0 saturated carbocycles. The summed E-state index contributed by atoms with van der Waals surface area (Å²) in [5.74, 6) is 0.714. The van der Waals surface area contributed by atoms with Gasteiger partial charge in [-0.25, -0.2) is 18.7 Å². The van der Waals surface area contributed by atoms with Gasteiger partial charge in [-0.3, -0.25) is 5.32 Å². The molecule has 4 rings (SSSR count). The number of hydrogen-bond donors (Lipinski definition) is 1. The van der Waals surface area contributed by atoms with Gasteiger partial charge < -0.3 is 17.3 Å². The lowest BCUT2D eigenvalue weighted by Gasteiger charge is -2.28. The molecule has 2 aliphatic heterocycles. The third kappa shape index (κ3) is 3.37. The number of aromatic nitrogens is 2. The summed E-state index contributed by atoms with van der Waals surface area (Å²) in [6.45, 7) is 3.81. The number of piperidine rings is 1. The van der Waals surface area contributed by atoms with Gasteiger partial charge in [0.15, 0.2) is 5.82 Å². The Kier molecular flexibility index (Phi) is 5.01. The number of quaternary nitrogens is 1. The van der Waals surface area contributed by atoms with E-state index in [1.165, 1.54) is 12.5 Å². The highest BCUT2D eigenvalue weighted by Gasteiger charge is 2.30. The second-order valence-electron chi connectivity index (χ2n) is 6.31. The summed E-state index contributed by atoms with van der Waals surface area (Å²) in [5, 5.41) is 1.87. The number of nitrogens with zero attached hydrogens (tertiary/aromatic N) is 3. The largest absolute Gasteiger partial charge is 1.00 e. The normalized spacial score (nSPS) is 16.3. The Morgan fingerprint density at radius 1 is 1.08 bits per heavy atom. The predicted octanol–water partition coefficient (Wildman–Crippen LogP) is -0.236. The minimum atomic E-state index is -0.449. The fraction of sp³-hybridized carbons (Fsp3) is 0.333. The number of benzene rings is 1. The van der Waals surface area contributed by atoms with Crippen LogP contribution in [0.2, 0.25) is 0 Å². The molecule has 0 radical (unpaired) electrons. The van der Waals surface area contributed by atoms with Gasteiger partial charge >= 0.3 is 0 Å². The first-order chi connectivity index (χ1) is 11.6. The van der Waals surface area contributed by atoms with Crippen molar-refractivity contribution in [3.8, 4) is 0 Å². The van der Waals surface area contributed by atoms with Gasteiger partial charge in [-0.05, 0) is 44.4 Å². The fourth-order valence-electron chi connectivity index (χ4n) is 3.40. The van der Waals surface area contributed by atoms with Crippen molar-refractivity contribution in [2.75, 3.05) is 18.0 Å². The second kappa shape index (κ2) is 7.06. The van der Waals surface area contributed by atoms with E-state index < -0.39 is 11.6 Å². The van der Waals surface area contributed by atoms with E-state index in [-0.39, 0.29) is 18.0 Å². The molecular formula is C18H19ClF2N4. The third-order valence-corrected chi connectivity index (χ3v) is 4.55. The lowest BCUT2D eigenvalue weighted by Crippen LogP contribution is -3.00. The molecule has 0 spiro atoms. The van der Waals surface area contributed by atoms with E-state index in [4.69, 9.17) is 0 Å². The first-order valence-electron chi connectivity index (χ1n) is 8.27. The zero-order valence-electron chi connectivity index (χ0n) is 13.9. The van der Waals surface area contributed by atoms with E-state index in [1.807, 2.05) is 18.3 Å². The van der Waals surface area contributed by atoms with Crippen molar-refractivity contribution in [1.29, 1.82) is 0 Å². The number of nitrogens with two attached hydrogens (primary N) is 1. The summed E-state index contributed by atoms with van der Waals surface area (Å²) in [5.41, 5.74) is 2.58. The average molecular weight is 365 g/mol. The van der Waals surface area contributed by atoms with Crippen molar-refractivity contribution in [2.24, 2.45) is 0 Å². The van der Waals surface area contributed by atoms with Crippen molar-refractivity contribution < 1.29 is 26.5 Å². The first-order valence-corrected chi connectivity index (χ1v) is 8.27. The summed E-state index contributed by atoms with van der Waals surface area (Å²) in [7, 11) is 0. The number of anilines is 1. The molecule has 2 aliphatic rings. The van der Waals surface area contributed by atoms with E-state index >= 15 is 0 Å². The Labute approximate surface area is 151 Å². The minimum absolute atomic E-state index is 0. The van der Waals surface area contributed by atoms with E-state index in [0.29, 0.717) is 11.5 Å². The zero-order chi connectivity index (χ0) is 16.7. The molecule has 1 aromatic carbocycles. The number of fused-ring (bicyclic) bond motifs is 1. The topological polar surface area (TPSA) is 45.6 Å². The summed E-state index contributed by atoms with van der Waals surface area (Å²) in [6, 6.07) is 3.51. The van der Waals surface area contributed by atoms with Crippen LogP contribution in [0, 0.1) is 18.6 Å². The molecule has 1 saturated heterocycles. The molecule has 25 heavy (non-hydrogen) atoms. The van der Waals surface area contributed by atoms with Gasteiger partial charge in [0.2, 0.25) is 5.69 Å². The van der Waals surface area contributed by atoms with Gasteiger partial charge in [-0.1, -0.05) is 0 Å². The SMILES string of the molecule is Cc1nc2c(c(N3CCCCC3)n1)[NH2+]C(c1cc(F)ccc1F)=C2.[Cl-]. The summed E-state index contributed by atoms with van der Waals surface area (Å²) >= 11 is 0. The Bertz CT molecular complexity index is 832. The van der Waals surface area contributed by atoms with Crippen molar-refractivity contribution in [1.82, 2.24) is 9.97 Å². The van der Waals surface area contributed by atoms with Gasteiger partial charge in [0.25, 0.3) is 0 Å². The molecule has 132 valence electrons. The Morgan fingerprint density at radius 3 is 2.60 bits per heavy atom. The molecule has 1 aromatic heterocycles. The van der Waals surface area contributed by atoms with Crippen molar-refractivity contribution in [2.45, 2.75) is 26.2 Å². The predicted molar refractivity (Wildman–Crippen MR) is 88.6 cm³/mol. The van der Waals surface area contributed by atoms with Crippen LogP contribution in [0.3, 0.4) is 0 Å². The molecule has 0 aliphatic carbocycles. The Hall–Kier alpha value is -2.05. The van der Waals surface area contributed by atoms with Crippen LogP contribution in [0.15, 0.2) is 18.2 Å². The van der Waals surface area contributed by atoms with Crippen molar-refractivity contribution >= 4 is 23.3 Å². The fourth-order valence-corrected chi connectivity index (χ4v) is 3.40. The maximum atomic E-state index is 14.1. The first kappa shape index (κ1) is 17.8. The Balaban J connectivity index is 0.00000182. The van der Waals surface area contributed by atoms with Gasteiger partial charge in [-0.15, -0.1) is 0 Å². The van der Waals surface area contributed by atoms with Crippen LogP contribution in [0.5, 0.6) is 0 Å². The maximum absolute atomic E-state index is 14.1. The molecule has 2 N–H and O–H groups in total. The molecule has 0 atom stereocenters. The van der Waals surface area contributed by atoms with Crippen LogP contribution in [0.4, 0.5) is 20.3 Å². The second-order valence-corrected chi connectivity index (χ2v) is 6.31. The molecule has 1 fully saturated rings. The van der Waals surface area contributed by atoms with Crippen LogP contribution in [-0.4, -0.2) is 23.1 Å². The third-order valence-electron chi connectivity index (χ3n) is 4.55. The summed E-state index contributed by atoms with van der Waals surface area (Å²) in [4.78, 5) is 11.4. The highest BCUT2D eigenvalue weighted by molar-refractivity contribution is 5.86. The van der Waals surface area contributed by atoms with Gasteiger partial charge in [0.05, 0.1) is 5.56 Å². The molecule has 3 heterocycles. The quantitative estimate of drug-likeness (QED) is 0.800. The lowest BCUT2D eigenvalue weighted by atomic mass is 10.1. The zero-order valence-corrected chi connectivity index (χ0v) is 14.7. The van der Waals surface area contributed by atoms with E-state index in [0.717, 1.165) is 55.3 Å². The molecule has 2 aromatic rings. The highest BCUT2D eigenvalue weighted by Crippen LogP contribution is 2.32. The smallest absolute Gasteiger partial charge is 0.203 e. The van der Waals surface area contributed by atoms with Gasteiger partial charge in [0, 0.05) is 19.2 Å². The minimum Gasteiger partial charge on any atom is -1.00 e. The molecule has 0 amide bonds. The monoisotopic (exact) mass is 364 g/mol. The van der Waals surface area contributed by atoms with E-state index in [1.54, 1.807) is 0 Å². The number of halogens is 3. The molecule has 4 nitrogen and oxygen atoms in total. The molecule has 0 unspecified atom stereocenters. The van der Waals surface area contributed by atoms with E-state index in [9.17, 15) is 8.78 Å². The van der Waals surface area contributed by atoms with Crippen LogP contribution in [-0.2, 0) is 0 Å². The number of rotatable bonds is 2. The van der Waals surface area contributed by atoms with Crippen molar-refractivity contribution in [3.63, 3.8) is 0 Å². The van der Waals surface area contributed by atoms with Crippen LogP contribution < -0.4 is 22.6 Å². The van der Waals surface area contributed by atoms with Gasteiger partial charge in [-0.2, -0.15) is 0 Å². The Morgan fingerprint density at radius 2 is 1.84 bits per heavy atom. The number of hydrogen-bond acceptors (Lipinski definition) is 3. The molecular weight excluding hydrogens is 346 g/mol. The summed E-state index contributed by atoms with van der Waals surface area (Å²) < 4.78 is 27.6.